The summed E-state index contributed by atoms with van der Waals surface area (Å²) >= 11 is 0. The van der Waals surface area contributed by atoms with Gasteiger partial charge in [-0.2, -0.15) is 0 Å². The lowest BCUT2D eigenvalue weighted by atomic mass is 9.94. The van der Waals surface area contributed by atoms with Gasteiger partial charge in [-0.1, -0.05) is 43.0 Å². The second-order valence-electron chi connectivity index (χ2n) is 7.28. The molecule has 0 spiro atoms. The summed E-state index contributed by atoms with van der Waals surface area (Å²) in [5.74, 6) is 0. The van der Waals surface area contributed by atoms with E-state index in [1.807, 2.05) is 6.07 Å². The quantitative estimate of drug-likeness (QED) is 0.543. The summed E-state index contributed by atoms with van der Waals surface area (Å²) in [4.78, 5) is 15.6. The van der Waals surface area contributed by atoms with Gasteiger partial charge in [0.25, 0.3) is 5.69 Å². The van der Waals surface area contributed by atoms with Crippen molar-refractivity contribution in [3.05, 3.63) is 81.9 Å². The number of piperazine rings is 1. The van der Waals surface area contributed by atoms with Crippen molar-refractivity contribution in [2.24, 2.45) is 0 Å². The number of hydrogen-bond donors (Lipinski definition) is 1. The van der Waals surface area contributed by atoms with Crippen LogP contribution in [0.4, 0.5) is 5.69 Å². The molecular formula is C23H30N4O2. The van der Waals surface area contributed by atoms with Crippen molar-refractivity contribution in [3.63, 3.8) is 0 Å². The lowest BCUT2D eigenvalue weighted by molar-refractivity contribution is -0.384. The number of nitro benzene ring substituents is 1. The molecule has 1 fully saturated rings. The van der Waals surface area contributed by atoms with E-state index in [2.05, 4.69) is 59.8 Å². The second kappa shape index (κ2) is 9.67. The highest BCUT2D eigenvalue weighted by atomic mass is 16.6. The smallest absolute Gasteiger partial charge is 0.269 e. The summed E-state index contributed by atoms with van der Waals surface area (Å²) in [6, 6.07) is 15.5. The molecule has 1 aliphatic rings. The fourth-order valence-corrected chi connectivity index (χ4v) is 4.01. The molecule has 0 aromatic heterocycles. The normalized spacial score (nSPS) is 15.7. The van der Waals surface area contributed by atoms with Gasteiger partial charge in [-0.15, -0.1) is 0 Å². The van der Waals surface area contributed by atoms with Crippen LogP contribution in [0.5, 0.6) is 0 Å². The molecule has 6 nitrogen and oxygen atoms in total. The molecule has 0 bridgehead atoms. The number of non-ortho nitro benzene ring substituents is 1. The first-order valence-corrected chi connectivity index (χ1v) is 10.3. The molecule has 1 saturated heterocycles. The van der Waals surface area contributed by atoms with Crippen LogP contribution in [0.1, 0.15) is 36.6 Å². The SMILES string of the molecule is C=C(c1ccc([C@@H](c2cccc([N+](=O)[O-])c2)N2CCNCC2)cc1)N(CC)CC. The van der Waals surface area contributed by atoms with E-state index in [4.69, 9.17) is 0 Å². The summed E-state index contributed by atoms with van der Waals surface area (Å²) < 4.78 is 0. The number of nitrogens with zero attached hydrogens (tertiary/aromatic N) is 3. The van der Waals surface area contributed by atoms with Crippen molar-refractivity contribution in [2.75, 3.05) is 39.3 Å². The molecule has 1 aliphatic heterocycles. The van der Waals surface area contributed by atoms with Crippen molar-refractivity contribution in [1.29, 1.82) is 0 Å². The van der Waals surface area contributed by atoms with E-state index in [-0.39, 0.29) is 16.7 Å². The molecular weight excluding hydrogens is 364 g/mol. The molecule has 29 heavy (non-hydrogen) atoms. The molecule has 3 rings (SSSR count). The van der Waals surface area contributed by atoms with Gasteiger partial charge >= 0.3 is 0 Å². The van der Waals surface area contributed by atoms with Gasteiger partial charge in [0, 0.05) is 57.1 Å². The number of rotatable bonds is 8. The van der Waals surface area contributed by atoms with Gasteiger partial charge in [-0.3, -0.25) is 15.0 Å². The Morgan fingerprint density at radius 2 is 1.79 bits per heavy atom. The molecule has 6 heteroatoms. The third-order valence-corrected chi connectivity index (χ3v) is 5.62. The standard InChI is InChI=1S/C23H30N4O2/c1-4-25(5-2)18(3)19-9-11-20(12-10-19)23(26-15-13-24-14-16-26)21-7-6-8-22(17-21)27(28)29/h6-12,17,23-24H,3-5,13-16H2,1-2H3/t23-/m0/s1. The Morgan fingerprint density at radius 3 is 2.38 bits per heavy atom. The van der Waals surface area contributed by atoms with Crippen molar-refractivity contribution in [2.45, 2.75) is 19.9 Å². The molecule has 1 N–H and O–H groups in total. The zero-order chi connectivity index (χ0) is 20.8. The van der Waals surface area contributed by atoms with Crippen molar-refractivity contribution >= 4 is 11.4 Å². The van der Waals surface area contributed by atoms with Crippen LogP contribution in [0.15, 0.2) is 55.1 Å². The average molecular weight is 395 g/mol. The van der Waals surface area contributed by atoms with Crippen LogP contribution < -0.4 is 5.32 Å². The van der Waals surface area contributed by atoms with Crippen LogP contribution in [-0.4, -0.2) is 54.0 Å². The molecule has 2 aromatic carbocycles. The van der Waals surface area contributed by atoms with E-state index >= 15 is 0 Å². The first-order valence-electron chi connectivity index (χ1n) is 10.3. The van der Waals surface area contributed by atoms with Gasteiger partial charge in [0.2, 0.25) is 0 Å². The third kappa shape index (κ3) is 4.83. The summed E-state index contributed by atoms with van der Waals surface area (Å²) in [7, 11) is 0. The van der Waals surface area contributed by atoms with Gasteiger partial charge in [0.05, 0.1) is 11.0 Å². The Hall–Kier alpha value is -2.70. The van der Waals surface area contributed by atoms with Crippen LogP contribution in [0.3, 0.4) is 0 Å². The largest absolute Gasteiger partial charge is 0.372 e. The predicted octanol–water partition coefficient (Wildman–Crippen LogP) is 3.90. The van der Waals surface area contributed by atoms with E-state index in [0.717, 1.165) is 61.7 Å². The minimum Gasteiger partial charge on any atom is -0.372 e. The maximum Gasteiger partial charge on any atom is 0.269 e. The van der Waals surface area contributed by atoms with E-state index < -0.39 is 0 Å². The fourth-order valence-electron chi connectivity index (χ4n) is 4.01. The number of nitrogens with one attached hydrogen (secondary N) is 1. The van der Waals surface area contributed by atoms with Gasteiger partial charge < -0.3 is 10.2 Å². The highest BCUT2D eigenvalue weighted by Gasteiger charge is 2.25. The lowest BCUT2D eigenvalue weighted by Crippen LogP contribution is -2.45. The first-order chi connectivity index (χ1) is 14.0. The average Bonchev–Trinajstić information content (AvgIpc) is 2.76. The molecule has 1 atom stereocenters. The molecule has 1 heterocycles. The van der Waals surface area contributed by atoms with E-state index in [9.17, 15) is 10.1 Å². The van der Waals surface area contributed by atoms with E-state index in [1.54, 1.807) is 18.2 Å². The Kier molecular flexibility index (Phi) is 7.01. The van der Waals surface area contributed by atoms with E-state index in [1.165, 1.54) is 0 Å². The number of nitro groups is 1. The van der Waals surface area contributed by atoms with E-state index in [0.29, 0.717) is 0 Å². The lowest BCUT2D eigenvalue weighted by Gasteiger charge is -2.35. The fraction of sp³-hybridized carbons (Fsp3) is 0.391. The molecule has 2 aromatic rings. The molecule has 0 aliphatic carbocycles. The maximum atomic E-state index is 11.3. The Balaban J connectivity index is 1.95. The van der Waals surface area contributed by atoms with Crippen LogP contribution in [-0.2, 0) is 0 Å². The van der Waals surface area contributed by atoms with Crippen molar-refractivity contribution in [1.82, 2.24) is 15.1 Å². The van der Waals surface area contributed by atoms with Gasteiger partial charge in [0.15, 0.2) is 0 Å². The minimum absolute atomic E-state index is 0.00670. The first kappa shape index (κ1) is 21.0. The van der Waals surface area contributed by atoms with Gasteiger partial charge in [-0.25, -0.2) is 0 Å². The molecule has 0 radical (unpaired) electrons. The zero-order valence-electron chi connectivity index (χ0n) is 17.3. The maximum absolute atomic E-state index is 11.3. The monoisotopic (exact) mass is 394 g/mol. The predicted molar refractivity (Wildman–Crippen MR) is 118 cm³/mol. The van der Waals surface area contributed by atoms with Crippen LogP contribution >= 0.6 is 0 Å². The minimum atomic E-state index is -0.324. The van der Waals surface area contributed by atoms with Gasteiger partial charge in [-0.05, 0) is 30.5 Å². The van der Waals surface area contributed by atoms with Crippen LogP contribution in [0.25, 0.3) is 5.70 Å². The molecule has 0 amide bonds. The van der Waals surface area contributed by atoms with Crippen molar-refractivity contribution in [3.8, 4) is 0 Å². The van der Waals surface area contributed by atoms with Crippen LogP contribution in [0.2, 0.25) is 0 Å². The number of benzene rings is 2. The Labute approximate surface area is 173 Å². The van der Waals surface area contributed by atoms with Crippen LogP contribution in [0, 0.1) is 10.1 Å². The summed E-state index contributed by atoms with van der Waals surface area (Å²) in [6.45, 7) is 14.0. The zero-order valence-corrected chi connectivity index (χ0v) is 17.3. The van der Waals surface area contributed by atoms with Gasteiger partial charge in [0.1, 0.15) is 0 Å². The molecule has 0 saturated carbocycles. The highest BCUT2D eigenvalue weighted by molar-refractivity contribution is 5.62. The molecule has 0 unspecified atom stereocenters. The number of hydrogen-bond acceptors (Lipinski definition) is 5. The third-order valence-electron chi connectivity index (χ3n) is 5.62. The summed E-state index contributed by atoms with van der Waals surface area (Å²) in [5.41, 5.74) is 4.36. The highest BCUT2D eigenvalue weighted by Crippen LogP contribution is 2.32. The Morgan fingerprint density at radius 1 is 1.14 bits per heavy atom. The topological polar surface area (TPSA) is 61.7 Å². The summed E-state index contributed by atoms with van der Waals surface area (Å²) in [5, 5.41) is 14.7. The summed E-state index contributed by atoms with van der Waals surface area (Å²) in [6.07, 6.45) is 0. The molecule has 154 valence electrons. The second-order valence-corrected chi connectivity index (χ2v) is 7.28. The Bertz CT molecular complexity index is 840. The van der Waals surface area contributed by atoms with Crippen molar-refractivity contribution < 1.29 is 4.92 Å².